The van der Waals surface area contributed by atoms with Gasteiger partial charge in [-0.1, -0.05) is 32.1 Å². The highest BCUT2D eigenvalue weighted by atomic mass is 19.1. The van der Waals surface area contributed by atoms with Crippen LogP contribution in [-0.2, 0) is 14.4 Å². The van der Waals surface area contributed by atoms with Crippen LogP contribution < -0.4 is 20.7 Å². The van der Waals surface area contributed by atoms with Crippen LogP contribution in [-0.4, -0.2) is 43.0 Å². The largest absolute Gasteiger partial charge is 0.484 e. The molecular weight excluding hydrogens is 427 g/mol. The molecule has 0 spiro atoms. The van der Waals surface area contributed by atoms with Crippen molar-refractivity contribution in [3.63, 3.8) is 0 Å². The predicted molar refractivity (Wildman–Crippen MR) is 118 cm³/mol. The summed E-state index contributed by atoms with van der Waals surface area (Å²) in [6, 6.07) is 5.77. The first-order chi connectivity index (χ1) is 15.9. The Morgan fingerprint density at radius 3 is 2.48 bits per heavy atom. The Bertz CT molecular complexity index is 864. The zero-order chi connectivity index (χ0) is 23.6. The summed E-state index contributed by atoms with van der Waals surface area (Å²) in [5.41, 5.74) is 0. The Balaban J connectivity index is 1.58. The molecule has 1 saturated carbocycles. The number of halogens is 1. The number of hydrogen-bond acceptors (Lipinski definition) is 5. The maximum Gasteiger partial charge on any atom is 0.258 e. The molecule has 1 saturated heterocycles. The van der Waals surface area contributed by atoms with Crippen molar-refractivity contribution in [2.75, 3.05) is 13.2 Å². The maximum absolute atomic E-state index is 13.0. The second-order valence-corrected chi connectivity index (χ2v) is 8.81. The predicted octanol–water partition coefficient (Wildman–Crippen LogP) is 2.19. The summed E-state index contributed by atoms with van der Waals surface area (Å²) < 4.78 is 18.4. The van der Waals surface area contributed by atoms with Gasteiger partial charge in [0.15, 0.2) is 6.61 Å². The summed E-state index contributed by atoms with van der Waals surface area (Å²) >= 11 is 0. The van der Waals surface area contributed by atoms with Crippen LogP contribution in [0.15, 0.2) is 24.3 Å². The first-order valence-corrected chi connectivity index (χ1v) is 11.6. The number of nitriles is 1. The van der Waals surface area contributed by atoms with Crippen LogP contribution in [0, 0.1) is 29.0 Å². The van der Waals surface area contributed by atoms with Gasteiger partial charge in [0, 0.05) is 12.5 Å². The zero-order valence-corrected chi connectivity index (χ0v) is 18.6. The van der Waals surface area contributed by atoms with E-state index < -0.39 is 29.7 Å². The van der Waals surface area contributed by atoms with E-state index in [4.69, 9.17) is 4.74 Å². The van der Waals surface area contributed by atoms with E-state index in [-0.39, 0.29) is 24.9 Å². The average Bonchev–Trinajstić information content (AvgIpc) is 3.22. The molecular formula is C24H31FN4O4. The van der Waals surface area contributed by atoms with E-state index in [1.165, 1.54) is 30.7 Å². The molecule has 8 nitrogen and oxygen atoms in total. The van der Waals surface area contributed by atoms with Crippen molar-refractivity contribution < 1.29 is 23.5 Å². The van der Waals surface area contributed by atoms with Crippen LogP contribution in [0.4, 0.5) is 4.39 Å². The van der Waals surface area contributed by atoms with Crippen molar-refractivity contribution in [2.24, 2.45) is 11.8 Å². The Morgan fingerprint density at radius 1 is 1.12 bits per heavy atom. The molecule has 3 N–H and O–H groups in total. The molecule has 1 aliphatic heterocycles. The Morgan fingerprint density at radius 2 is 1.85 bits per heavy atom. The minimum Gasteiger partial charge on any atom is -0.484 e. The van der Waals surface area contributed by atoms with Gasteiger partial charge in [-0.2, -0.15) is 5.26 Å². The molecule has 1 aliphatic carbocycles. The lowest BCUT2D eigenvalue weighted by Crippen LogP contribution is -2.51. The molecule has 0 unspecified atom stereocenters. The summed E-state index contributed by atoms with van der Waals surface area (Å²) in [7, 11) is 0. The quantitative estimate of drug-likeness (QED) is 0.496. The van der Waals surface area contributed by atoms with E-state index in [0.717, 1.165) is 25.7 Å². The normalized spacial score (nSPS) is 20.2. The summed E-state index contributed by atoms with van der Waals surface area (Å²) in [4.78, 5) is 37.4. The highest BCUT2D eigenvalue weighted by Gasteiger charge is 2.31. The highest BCUT2D eigenvalue weighted by molar-refractivity contribution is 5.88. The third kappa shape index (κ3) is 7.74. The molecule has 2 fully saturated rings. The number of amides is 3. The molecule has 0 aromatic heterocycles. The van der Waals surface area contributed by atoms with Crippen molar-refractivity contribution in [3.8, 4) is 11.8 Å². The van der Waals surface area contributed by atoms with E-state index in [2.05, 4.69) is 22.0 Å². The van der Waals surface area contributed by atoms with Gasteiger partial charge >= 0.3 is 0 Å². The molecule has 1 aromatic rings. The fourth-order valence-electron chi connectivity index (χ4n) is 4.47. The van der Waals surface area contributed by atoms with Crippen molar-refractivity contribution in [3.05, 3.63) is 30.1 Å². The third-order valence-corrected chi connectivity index (χ3v) is 6.28. The minimum atomic E-state index is -0.812. The molecule has 9 heteroatoms. The van der Waals surface area contributed by atoms with Gasteiger partial charge in [0.2, 0.25) is 11.8 Å². The van der Waals surface area contributed by atoms with Gasteiger partial charge in [-0.05, 0) is 49.4 Å². The average molecular weight is 459 g/mol. The van der Waals surface area contributed by atoms with E-state index in [0.29, 0.717) is 31.1 Å². The molecule has 178 valence electrons. The number of carbonyl (C=O) groups is 3. The lowest BCUT2D eigenvalue weighted by atomic mass is 9.84. The van der Waals surface area contributed by atoms with Crippen LogP contribution in [0.2, 0.25) is 0 Å². The molecule has 3 atom stereocenters. The fourth-order valence-corrected chi connectivity index (χ4v) is 4.47. The number of rotatable bonds is 10. The Hall–Kier alpha value is -3.15. The van der Waals surface area contributed by atoms with E-state index in [9.17, 15) is 24.0 Å². The van der Waals surface area contributed by atoms with Crippen LogP contribution in [0.3, 0.4) is 0 Å². The number of hydrogen-bond donors (Lipinski definition) is 3. The summed E-state index contributed by atoms with van der Waals surface area (Å²) in [5, 5.41) is 17.7. The van der Waals surface area contributed by atoms with Crippen LogP contribution >= 0.6 is 0 Å². The standard InChI is InChI=1S/C24H31FN4O4/c25-18-6-8-20(9-7-18)33-15-22(30)29-21(12-16-4-2-1-3-5-16)24(32)28-19(14-26)13-17-10-11-27-23(17)31/h6-9,16-17,19,21H,1-5,10-13,15H2,(H,27,31)(H,28,32)(H,29,30)/t17-,19-,21-/m0/s1. The minimum absolute atomic E-state index is 0.102. The van der Waals surface area contributed by atoms with Gasteiger partial charge in [-0.15, -0.1) is 0 Å². The van der Waals surface area contributed by atoms with Crippen molar-refractivity contribution in [1.29, 1.82) is 5.26 Å². The third-order valence-electron chi connectivity index (χ3n) is 6.28. The molecule has 3 amide bonds. The van der Waals surface area contributed by atoms with Crippen molar-refractivity contribution in [2.45, 2.75) is 63.5 Å². The lowest BCUT2D eigenvalue weighted by Gasteiger charge is -2.27. The van der Waals surface area contributed by atoms with E-state index in [1.54, 1.807) is 0 Å². The van der Waals surface area contributed by atoms with Crippen LogP contribution in [0.1, 0.15) is 51.4 Å². The number of nitrogens with zero attached hydrogens (tertiary/aromatic N) is 1. The van der Waals surface area contributed by atoms with Gasteiger partial charge in [0.1, 0.15) is 23.7 Å². The first-order valence-electron chi connectivity index (χ1n) is 11.6. The first kappa shape index (κ1) is 24.5. The second kappa shape index (κ2) is 12.2. The van der Waals surface area contributed by atoms with Crippen molar-refractivity contribution in [1.82, 2.24) is 16.0 Å². The highest BCUT2D eigenvalue weighted by Crippen LogP contribution is 2.27. The smallest absolute Gasteiger partial charge is 0.258 e. The van der Waals surface area contributed by atoms with Gasteiger partial charge in [0.05, 0.1) is 6.07 Å². The van der Waals surface area contributed by atoms with Gasteiger partial charge in [-0.25, -0.2) is 4.39 Å². The maximum atomic E-state index is 13.0. The molecule has 1 heterocycles. The zero-order valence-electron chi connectivity index (χ0n) is 18.6. The molecule has 0 radical (unpaired) electrons. The van der Waals surface area contributed by atoms with Gasteiger partial charge in [0.25, 0.3) is 5.91 Å². The summed E-state index contributed by atoms with van der Waals surface area (Å²) in [6.45, 7) is 0.258. The second-order valence-electron chi connectivity index (χ2n) is 8.81. The topological polar surface area (TPSA) is 120 Å². The molecule has 1 aromatic carbocycles. The van der Waals surface area contributed by atoms with E-state index >= 15 is 0 Å². The number of nitrogens with one attached hydrogen (secondary N) is 3. The fraction of sp³-hybridized carbons (Fsp3) is 0.583. The Kier molecular flexibility index (Phi) is 9.04. The monoisotopic (exact) mass is 458 g/mol. The van der Waals surface area contributed by atoms with Crippen molar-refractivity contribution >= 4 is 17.7 Å². The molecule has 2 aliphatic rings. The van der Waals surface area contributed by atoms with E-state index in [1.807, 2.05) is 0 Å². The van der Waals surface area contributed by atoms with Crippen LogP contribution in [0.25, 0.3) is 0 Å². The molecule has 33 heavy (non-hydrogen) atoms. The SMILES string of the molecule is N#C[C@H](C[C@@H]1CCNC1=O)NC(=O)[C@H](CC1CCCCC1)NC(=O)COc1ccc(F)cc1. The van der Waals surface area contributed by atoms with Gasteiger partial charge < -0.3 is 20.7 Å². The summed E-state index contributed by atoms with van der Waals surface area (Å²) in [6.07, 6.45) is 6.71. The Labute approximate surface area is 193 Å². The number of carbonyl (C=O) groups excluding carboxylic acids is 3. The number of ether oxygens (including phenoxy) is 1. The van der Waals surface area contributed by atoms with Gasteiger partial charge in [-0.3, -0.25) is 14.4 Å². The molecule has 0 bridgehead atoms. The number of benzene rings is 1. The molecule has 3 rings (SSSR count). The summed E-state index contributed by atoms with van der Waals surface area (Å²) in [5.74, 6) is -1.05. The van der Waals surface area contributed by atoms with Crippen LogP contribution in [0.5, 0.6) is 5.75 Å². The lowest BCUT2D eigenvalue weighted by molar-refractivity contribution is -0.130.